The van der Waals surface area contributed by atoms with E-state index in [-0.39, 0.29) is 12.3 Å². The number of rotatable bonds is 9. The van der Waals surface area contributed by atoms with Crippen LogP contribution in [0.2, 0.25) is 10.0 Å². The molecule has 1 heterocycles. The van der Waals surface area contributed by atoms with Gasteiger partial charge in [-0.15, -0.1) is 0 Å². The summed E-state index contributed by atoms with van der Waals surface area (Å²) in [6.07, 6.45) is -2.40. The lowest BCUT2D eigenvalue weighted by molar-refractivity contribution is -0.275. The third-order valence-electron chi connectivity index (χ3n) is 6.21. The van der Waals surface area contributed by atoms with Crippen molar-refractivity contribution in [3.63, 3.8) is 0 Å². The lowest BCUT2D eigenvalue weighted by atomic mass is 9.85. The van der Waals surface area contributed by atoms with Gasteiger partial charge in [0.25, 0.3) is 11.5 Å². The van der Waals surface area contributed by atoms with Gasteiger partial charge >= 0.3 is 6.18 Å². The number of carbonyl (C=O) groups is 1. The Labute approximate surface area is 231 Å². The van der Waals surface area contributed by atoms with Gasteiger partial charge in [0.1, 0.15) is 6.61 Å². The Hall–Kier alpha value is -3.37. The van der Waals surface area contributed by atoms with Crippen LogP contribution in [0.25, 0.3) is 10.8 Å². The van der Waals surface area contributed by atoms with Gasteiger partial charge in [-0.2, -0.15) is 13.2 Å². The largest absolute Gasteiger partial charge is 0.435 e. The summed E-state index contributed by atoms with van der Waals surface area (Å²) in [5.41, 5.74) is -2.76. The fourth-order valence-corrected chi connectivity index (χ4v) is 4.66. The summed E-state index contributed by atoms with van der Waals surface area (Å²) in [6, 6.07) is 11.4. The Kier molecular flexibility index (Phi) is 8.66. The molecular formula is C27H23Cl2F4N3O3. The van der Waals surface area contributed by atoms with E-state index < -0.39 is 45.5 Å². The minimum atomic E-state index is -4.94. The number of alkyl halides is 3. The molecule has 0 radical (unpaired) electrons. The molecule has 0 saturated heterocycles. The van der Waals surface area contributed by atoms with E-state index in [9.17, 15) is 22.4 Å². The molecule has 0 aromatic heterocycles. The first-order chi connectivity index (χ1) is 18.6. The molecule has 1 aliphatic heterocycles. The molecule has 4 rings (SSSR count). The van der Waals surface area contributed by atoms with Crippen LogP contribution in [0.1, 0.15) is 47.7 Å². The number of hydrogen-bond acceptors (Lipinski definition) is 5. The SMILES string of the molecule is CCCCON=CCNC(=O)c1ccc(C2=NOC(c3cc(Cl)c(F)c(Cl)c3)(C(F)(F)F)C2)c2ccccc12. The minimum absolute atomic E-state index is 0.0107. The first kappa shape index (κ1) is 28.6. The molecule has 1 unspecified atom stereocenters. The van der Waals surface area contributed by atoms with Gasteiger partial charge in [0.05, 0.1) is 28.5 Å². The second kappa shape index (κ2) is 11.8. The maximum atomic E-state index is 14.4. The van der Waals surface area contributed by atoms with Crippen molar-refractivity contribution < 1.29 is 32.0 Å². The molecule has 1 aliphatic rings. The van der Waals surface area contributed by atoms with Crippen molar-refractivity contribution in [2.24, 2.45) is 10.3 Å². The van der Waals surface area contributed by atoms with Gasteiger partial charge in [0, 0.05) is 23.1 Å². The van der Waals surface area contributed by atoms with Crippen LogP contribution in [0.15, 0.2) is 58.8 Å². The molecular weight excluding hydrogens is 561 g/mol. The van der Waals surface area contributed by atoms with Crippen LogP contribution < -0.4 is 5.32 Å². The second-order valence-electron chi connectivity index (χ2n) is 8.78. The molecule has 206 valence electrons. The van der Waals surface area contributed by atoms with Crippen molar-refractivity contribution in [1.29, 1.82) is 0 Å². The van der Waals surface area contributed by atoms with Crippen LogP contribution in [0.4, 0.5) is 17.6 Å². The molecule has 0 saturated carbocycles. The molecule has 3 aromatic rings. The van der Waals surface area contributed by atoms with E-state index in [0.29, 0.717) is 28.5 Å². The van der Waals surface area contributed by atoms with Gasteiger partial charge in [-0.3, -0.25) is 4.79 Å². The fourth-order valence-electron chi connectivity index (χ4n) is 4.17. The summed E-state index contributed by atoms with van der Waals surface area (Å²) in [5, 5.41) is 10.1. The third kappa shape index (κ3) is 5.81. The highest BCUT2D eigenvalue weighted by molar-refractivity contribution is 6.35. The average molecular weight is 584 g/mol. The molecule has 0 aliphatic carbocycles. The molecule has 1 atom stereocenters. The summed E-state index contributed by atoms with van der Waals surface area (Å²) in [4.78, 5) is 23.0. The third-order valence-corrected chi connectivity index (χ3v) is 6.76. The highest BCUT2D eigenvalue weighted by Crippen LogP contribution is 2.50. The van der Waals surface area contributed by atoms with Crippen molar-refractivity contribution in [3.05, 3.63) is 81.1 Å². The second-order valence-corrected chi connectivity index (χ2v) is 9.59. The van der Waals surface area contributed by atoms with Crippen LogP contribution in [0, 0.1) is 5.82 Å². The van der Waals surface area contributed by atoms with Gasteiger partial charge in [0.2, 0.25) is 0 Å². The lowest BCUT2D eigenvalue weighted by Gasteiger charge is -2.29. The Morgan fingerprint density at radius 1 is 1.18 bits per heavy atom. The molecule has 6 nitrogen and oxygen atoms in total. The number of oxime groups is 2. The van der Waals surface area contributed by atoms with Gasteiger partial charge in [-0.05, 0) is 35.4 Å². The van der Waals surface area contributed by atoms with Crippen LogP contribution in [0.3, 0.4) is 0 Å². The molecule has 12 heteroatoms. The molecule has 3 aromatic carbocycles. The predicted molar refractivity (Wildman–Crippen MR) is 142 cm³/mol. The van der Waals surface area contributed by atoms with Crippen molar-refractivity contribution >= 4 is 51.8 Å². The Morgan fingerprint density at radius 2 is 1.87 bits per heavy atom. The van der Waals surface area contributed by atoms with E-state index in [1.54, 1.807) is 24.3 Å². The van der Waals surface area contributed by atoms with Crippen molar-refractivity contribution in [2.75, 3.05) is 13.2 Å². The number of amides is 1. The smallest absolute Gasteiger partial charge is 0.396 e. The van der Waals surface area contributed by atoms with E-state index in [4.69, 9.17) is 32.9 Å². The monoisotopic (exact) mass is 583 g/mol. The van der Waals surface area contributed by atoms with Gasteiger partial charge in [0.15, 0.2) is 5.82 Å². The summed E-state index contributed by atoms with van der Waals surface area (Å²) in [5.74, 6) is -1.43. The number of nitrogens with one attached hydrogen (secondary N) is 1. The Balaban J connectivity index is 1.62. The zero-order valence-electron chi connectivity index (χ0n) is 20.6. The maximum Gasteiger partial charge on any atom is 0.435 e. The van der Waals surface area contributed by atoms with Crippen LogP contribution in [-0.2, 0) is 15.3 Å². The summed E-state index contributed by atoms with van der Waals surface area (Å²) < 4.78 is 57.2. The number of hydrogen-bond donors (Lipinski definition) is 1. The number of nitrogens with zero attached hydrogens (tertiary/aromatic N) is 2. The van der Waals surface area contributed by atoms with Crippen molar-refractivity contribution in [2.45, 2.75) is 38.0 Å². The minimum Gasteiger partial charge on any atom is -0.396 e. The molecule has 1 N–H and O–H groups in total. The van der Waals surface area contributed by atoms with E-state index in [1.165, 1.54) is 18.3 Å². The van der Waals surface area contributed by atoms with E-state index in [0.717, 1.165) is 25.0 Å². The first-order valence-electron chi connectivity index (χ1n) is 12.0. The number of unbranched alkanes of at least 4 members (excludes halogenated alkanes) is 1. The topological polar surface area (TPSA) is 72.3 Å². The molecule has 39 heavy (non-hydrogen) atoms. The zero-order chi connectivity index (χ0) is 28.2. The lowest BCUT2D eigenvalue weighted by Crippen LogP contribution is -2.42. The fraction of sp³-hybridized carbons (Fsp3) is 0.296. The van der Waals surface area contributed by atoms with E-state index in [1.807, 2.05) is 6.92 Å². The van der Waals surface area contributed by atoms with Crippen molar-refractivity contribution in [1.82, 2.24) is 5.32 Å². The summed E-state index contributed by atoms with van der Waals surface area (Å²) >= 11 is 11.6. The maximum absolute atomic E-state index is 14.4. The number of fused-ring (bicyclic) bond motifs is 1. The molecule has 0 fully saturated rings. The van der Waals surface area contributed by atoms with Crippen LogP contribution in [0.5, 0.6) is 0 Å². The van der Waals surface area contributed by atoms with Gasteiger partial charge in [-0.1, -0.05) is 77.2 Å². The molecule has 1 amide bonds. The average Bonchev–Trinajstić information content (AvgIpc) is 3.37. The zero-order valence-corrected chi connectivity index (χ0v) is 22.1. The van der Waals surface area contributed by atoms with Gasteiger partial charge < -0.3 is 15.0 Å². The quantitative estimate of drug-likeness (QED) is 0.0937. The highest BCUT2D eigenvalue weighted by Gasteiger charge is 2.62. The predicted octanol–water partition coefficient (Wildman–Crippen LogP) is 7.40. The first-order valence-corrected chi connectivity index (χ1v) is 12.8. The normalized spacial score (nSPS) is 17.4. The van der Waals surface area contributed by atoms with Gasteiger partial charge in [-0.25, -0.2) is 4.39 Å². The molecule has 0 bridgehead atoms. The van der Waals surface area contributed by atoms with Crippen molar-refractivity contribution in [3.8, 4) is 0 Å². The summed E-state index contributed by atoms with van der Waals surface area (Å²) in [6.45, 7) is 2.63. The Bertz CT molecular complexity index is 1420. The summed E-state index contributed by atoms with van der Waals surface area (Å²) in [7, 11) is 0. The standard InChI is InChI=1S/C27H23Cl2F4N3O3/c1-2-3-12-38-35-11-10-34-25(37)20-9-8-19(17-6-4-5-7-18(17)20)23-15-26(39-36-23,27(31,32)33)16-13-21(28)24(30)22(29)14-16/h4-9,11,13-14H,2-3,10,12,15H2,1H3,(H,34,37). The number of carbonyl (C=O) groups excluding carboxylic acids is 1. The Morgan fingerprint density at radius 3 is 2.54 bits per heavy atom. The number of halogens is 6. The van der Waals surface area contributed by atoms with E-state index in [2.05, 4.69) is 15.6 Å². The van der Waals surface area contributed by atoms with Crippen LogP contribution in [-0.4, -0.2) is 37.2 Å². The van der Waals surface area contributed by atoms with Crippen LogP contribution >= 0.6 is 23.2 Å². The molecule has 0 spiro atoms. The van der Waals surface area contributed by atoms with E-state index >= 15 is 0 Å². The number of benzene rings is 3. The highest BCUT2D eigenvalue weighted by atomic mass is 35.5.